The third-order valence-corrected chi connectivity index (χ3v) is 9.87. The molecule has 42 heavy (non-hydrogen) atoms. The van der Waals surface area contributed by atoms with E-state index >= 15 is 0 Å². The molecule has 0 bridgehead atoms. The number of amides is 1. The number of aromatic nitrogens is 1. The number of carbonyl (C=O) groups is 2. The van der Waals surface area contributed by atoms with Gasteiger partial charge in [-0.25, -0.2) is 0 Å². The maximum atomic E-state index is 13.3. The van der Waals surface area contributed by atoms with Crippen molar-refractivity contribution in [2.24, 2.45) is 5.41 Å². The van der Waals surface area contributed by atoms with Gasteiger partial charge in [0.1, 0.15) is 0 Å². The van der Waals surface area contributed by atoms with Crippen LogP contribution in [0.2, 0.25) is 0 Å². The number of rotatable bonds is 10. The molecular formula is C34H44N4O3S. The lowest BCUT2D eigenvalue weighted by Crippen LogP contribution is -2.36. The lowest BCUT2D eigenvalue weighted by Gasteiger charge is -2.30. The minimum atomic E-state index is -0.0720. The van der Waals surface area contributed by atoms with Gasteiger partial charge in [-0.2, -0.15) is 0 Å². The van der Waals surface area contributed by atoms with E-state index in [4.69, 9.17) is 9.72 Å². The van der Waals surface area contributed by atoms with E-state index in [0.29, 0.717) is 26.1 Å². The molecule has 0 saturated carbocycles. The Hall–Kier alpha value is -3.07. The second-order valence-corrected chi connectivity index (χ2v) is 13.3. The fourth-order valence-corrected chi connectivity index (χ4v) is 7.37. The maximum Gasteiger partial charge on any atom is 0.226 e. The number of fused-ring (bicyclic) bond motifs is 1. The molecule has 8 heteroatoms. The summed E-state index contributed by atoms with van der Waals surface area (Å²) in [6.07, 6.45) is 3.69. The average Bonchev–Trinajstić information content (AvgIpc) is 3.37. The molecule has 3 heterocycles. The Balaban J connectivity index is 1.43. The van der Waals surface area contributed by atoms with Crippen LogP contribution in [-0.4, -0.2) is 86.0 Å². The van der Waals surface area contributed by atoms with E-state index in [1.54, 1.807) is 11.3 Å². The van der Waals surface area contributed by atoms with Crippen molar-refractivity contribution in [1.82, 2.24) is 14.8 Å². The van der Waals surface area contributed by atoms with Crippen LogP contribution in [0.3, 0.4) is 0 Å². The third-order valence-electron chi connectivity index (χ3n) is 8.53. The first-order chi connectivity index (χ1) is 20.2. The van der Waals surface area contributed by atoms with Crippen molar-refractivity contribution in [1.29, 1.82) is 0 Å². The minimum Gasteiger partial charge on any atom is -0.378 e. The van der Waals surface area contributed by atoms with Gasteiger partial charge in [0.2, 0.25) is 5.91 Å². The van der Waals surface area contributed by atoms with Gasteiger partial charge in [-0.15, -0.1) is 11.3 Å². The zero-order valence-electron chi connectivity index (χ0n) is 25.7. The van der Waals surface area contributed by atoms with Crippen LogP contribution in [-0.2, 0) is 22.4 Å². The highest BCUT2D eigenvalue weighted by Crippen LogP contribution is 2.49. The first kappa shape index (κ1) is 30.4. The van der Waals surface area contributed by atoms with E-state index in [0.717, 1.165) is 73.0 Å². The Morgan fingerprint density at radius 2 is 1.81 bits per heavy atom. The molecule has 1 aromatic carbocycles. The van der Waals surface area contributed by atoms with Gasteiger partial charge in [0.15, 0.2) is 5.78 Å². The number of thiophene rings is 1. The highest BCUT2D eigenvalue weighted by atomic mass is 32.1. The van der Waals surface area contributed by atoms with Gasteiger partial charge in [0.05, 0.1) is 35.2 Å². The van der Waals surface area contributed by atoms with Gasteiger partial charge < -0.3 is 19.4 Å². The van der Waals surface area contributed by atoms with Crippen LogP contribution in [0.15, 0.2) is 42.6 Å². The van der Waals surface area contributed by atoms with Crippen molar-refractivity contribution in [3.63, 3.8) is 0 Å². The molecule has 1 aliphatic carbocycles. The van der Waals surface area contributed by atoms with E-state index in [2.05, 4.69) is 61.8 Å². The summed E-state index contributed by atoms with van der Waals surface area (Å²) in [5, 5.41) is 1.17. The molecule has 0 radical (unpaired) electrons. The van der Waals surface area contributed by atoms with Crippen molar-refractivity contribution in [2.45, 2.75) is 47.0 Å². The van der Waals surface area contributed by atoms with Gasteiger partial charge >= 0.3 is 0 Å². The Morgan fingerprint density at radius 1 is 1.05 bits per heavy atom. The zero-order chi connectivity index (χ0) is 29.9. The highest BCUT2D eigenvalue weighted by Gasteiger charge is 2.37. The van der Waals surface area contributed by atoms with Crippen molar-refractivity contribution < 1.29 is 14.3 Å². The van der Waals surface area contributed by atoms with E-state index < -0.39 is 0 Å². The Kier molecular flexibility index (Phi) is 9.45. The van der Waals surface area contributed by atoms with Crippen LogP contribution in [0.1, 0.15) is 54.9 Å². The number of pyridine rings is 1. The normalized spacial score (nSPS) is 16.5. The number of ether oxygens (including phenoxy) is 1. The van der Waals surface area contributed by atoms with Crippen LogP contribution in [0.25, 0.3) is 22.4 Å². The number of likely N-dealkylation sites (N-methyl/N-ethyl adjacent to an activating group) is 2. The zero-order valence-corrected chi connectivity index (χ0v) is 26.6. The highest BCUT2D eigenvalue weighted by molar-refractivity contribution is 7.19. The summed E-state index contributed by atoms with van der Waals surface area (Å²) in [6, 6.07) is 12.4. The van der Waals surface area contributed by atoms with Crippen LogP contribution in [0, 0.1) is 5.41 Å². The Labute approximate surface area is 254 Å². The molecule has 0 unspecified atom stereocenters. The van der Waals surface area contributed by atoms with E-state index in [1.165, 1.54) is 16.1 Å². The van der Waals surface area contributed by atoms with E-state index in [1.807, 2.05) is 30.3 Å². The summed E-state index contributed by atoms with van der Waals surface area (Å²) in [4.78, 5) is 38.5. The first-order valence-corrected chi connectivity index (χ1v) is 16.0. The summed E-state index contributed by atoms with van der Waals surface area (Å²) in [7, 11) is 1.89. The number of ketones is 1. The molecule has 3 aromatic rings. The van der Waals surface area contributed by atoms with Gasteiger partial charge in [-0.05, 0) is 59.8 Å². The molecular weight excluding hydrogens is 544 g/mol. The second kappa shape index (κ2) is 13.1. The number of Topliss-reactive ketones (excluding diaryl/α,β-unsaturated/α-hetero) is 1. The lowest BCUT2D eigenvalue weighted by molar-refractivity contribution is -0.129. The first-order valence-electron chi connectivity index (χ1n) is 15.2. The molecule has 5 rings (SSSR count). The molecule has 0 N–H and O–H groups in total. The van der Waals surface area contributed by atoms with Gasteiger partial charge in [-0.3, -0.25) is 14.6 Å². The smallest absolute Gasteiger partial charge is 0.226 e. The van der Waals surface area contributed by atoms with Gasteiger partial charge in [0, 0.05) is 57.0 Å². The Bertz CT molecular complexity index is 1420. The minimum absolute atomic E-state index is 0.0720. The number of benzene rings is 1. The van der Waals surface area contributed by atoms with Crippen molar-refractivity contribution in [2.75, 3.05) is 64.4 Å². The van der Waals surface area contributed by atoms with Gasteiger partial charge in [-0.1, -0.05) is 45.9 Å². The molecule has 7 nitrogen and oxygen atoms in total. The molecule has 0 spiro atoms. The number of hydrogen-bond acceptors (Lipinski definition) is 7. The number of nitrogens with zero attached hydrogens (tertiary/aromatic N) is 4. The molecule has 1 fully saturated rings. The number of morpholine rings is 1. The fourth-order valence-electron chi connectivity index (χ4n) is 6.04. The topological polar surface area (TPSA) is 66.0 Å². The van der Waals surface area contributed by atoms with Crippen LogP contribution in [0.4, 0.5) is 5.00 Å². The van der Waals surface area contributed by atoms with Crippen molar-refractivity contribution in [3.05, 3.63) is 58.6 Å². The summed E-state index contributed by atoms with van der Waals surface area (Å²) >= 11 is 1.65. The maximum absolute atomic E-state index is 13.3. The van der Waals surface area contributed by atoms with Crippen LogP contribution >= 0.6 is 11.3 Å². The van der Waals surface area contributed by atoms with Crippen molar-refractivity contribution >= 4 is 28.0 Å². The molecule has 2 aliphatic rings. The predicted molar refractivity (Wildman–Crippen MR) is 172 cm³/mol. The molecule has 1 amide bonds. The molecule has 224 valence electrons. The van der Waals surface area contributed by atoms with E-state index in [-0.39, 0.29) is 17.1 Å². The molecule has 1 aliphatic heterocycles. The van der Waals surface area contributed by atoms with Gasteiger partial charge in [0.25, 0.3) is 0 Å². The molecule has 0 atom stereocenters. The molecule has 1 saturated heterocycles. The number of carbonyl (C=O) groups excluding carboxylic acids is 2. The summed E-state index contributed by atoms with van der Waals surface area (Å²) in [5.74, 6) is 0.370. The predicted octanol–water partition coefficient (Wildman–Crippen LogP) is 5.81. The number of hydrogen-bond donors (Lipinski definition) is 0. The van der Waals surface area contributed by atoms with Crippen molar-refractivity contribution in [3.8, 4) is 22.4 Å². The average molecular weight is 589 g/mol. The summed E-state index contributed by atoms with van der Waals surface area (Å²) in [5.41, 5.74) is 6.19. The fraction of sp³-hybridized carbons (Fsp3) is 0.500. The monoisotopic (exact) mass is 588 g/mol. The quantitative estimate of drug-likeness (QED) is 0.298. The second-order valence-electron chi connectivity index (χ2n) is 12.3. The SMILES string of the molecule is CCN(CC)CCN(C)C(=O)Cc1cccc(-c2cc(-c3c(N4CCOCC4)sc4c3CC(C)(C)CC4=O)ccn2)c1. The summed E-state index contributed by atoms with van der Waals surface area (Å²) in [6.45, 7) is 15.3. The Morgan fingerprint density at radius 3 is 2.55 bits per heavy atom. The number of anilines is 1. The summed E-state index contributed by atoms with van der Waals surface area (Å²) < 4.78 is 5.64. The standard InChI is InChI=1S/C34H44N4O3S/c1-6-37(7-2)14-13-36(5)30(40)20-24-9-8-10-25(19-24)28-21-26(11-12-35-28)31-27-22-34(3,4)23-29(39)32(27)42-33(31)38-15-17-41-18-16-38/h8-12,19,21H,6-7,13-18,20,22-23H2,1-5H3. The van der Waals surface area contributed by atoms with Crippen LogP contribution in [0.5, 0.6) is 0 Å². The van der Waals surface area contributed by atoms with Crippen LogP contribution < -0.4 is 4.90 Å². The largest absolute Gasteiger partial charge is 0.378 e. The van der Waals surface area contributed by atoms with E-state index in [9.17, 15) is 9.59 Å². The molecule has 2 aromatic heterocycles. The lowest BCUT2D eigenvalue weighted by atomic mass is 9.75. The third kappa shape index (κ3) is 6.77.